The number of thiazole rings is 1. The number of nitrogens with zero attached hydrogens (tertiary/aromatic N) is 6. The number of aromatic hydroxyl groups is 1. The molecule has 0 spiro atoms. The fourth-order valence-corrected chi connectivity index (χ4v) is 6.84. The first-order valence-corrected chi connectivity index (χ1v) is 14.5. The summed E-state index contributed by atoms with van der Waals surface area (Å²) in [5.41, 5.74) is 3.17. The molecule has 6 rings (SSSR count). The van der Waals surface area contributed by atoms with Gasteiger partial charge in [0.05, 0.1) is 9.88 Å². The molecule has 0 aliphatic carbocycles. The quantitative estimate of drug-likeness (QED) is 0.354. The largest absolute Gasteiger partial charge is 0.508 e. The van der Waals surface area contributed by atoms with Gasteiger partial charge in [-0.2, -0.15) is 5.10 Å². The number of phenolic OH excluding ortho intramolecular Hbond substituents is 1. The average molecular weight is 517 g/mol. The molecule has 1 atom stereocenters. The first-order valence-electron chi connectivity index (χ1n) is 13.7. The standard InChI is InChI=1S/C29H36N6OS/c1-33-28-24(13-14-26(31-28)35-16-5-3-2-4-6-17-35)27(32-33)25-18-30-29(37-25)22-8-7-15-34(20-22)19-21-9-11-23(36)12-10-21/h9-14,18,22,36H,2-8,15-17,19-20H2,1H3. The number of pyridine rings is 1. The molecule has 2 saturated heterocycles. The van der Waals surface area contributed by atoms with E-state index in [2.05, 4.69) is 21.9 Å². The maximum Gasteiger partial charge on any atom is 0.160 e. The van der Waals surface area contributed by atoms with Crippen molar-refractivity contribution in [1.82, 2.24) is 24.6 Å². The number of benzene rings is 1. The molecule has 0 saturated carbocycles. The van der Waals surface area contributed by atoms with Gasteiger partial charge in [0.2, 0.25) is 0 Å². The van der Waals surface area contributed by atoms with Crippen molar-refractivity contribution >= 4 is 28.2 Å². The molecule has 1 N–H and O–H groups in total. The smallest absolute Gasteiger partial charge is 0.160 e. The molecule has 7 nitrogen and oxygen atoms in total. The van der Waals surface area contributed by atoms with Gasteiger partial charge in [-0.25, -0.2) is 14.6 Å². The highest BCUT2D eigenvalue weighted by Gasteiger charge is 2.25. The van der Waals surface area contributed by atoms with Crippen molar-refractivity contribution in [3.8, 4) is 16.3 Å². The summed E-state index contributed by atoms with van der Waals surface area (Å²) in [6.45, 7) is 5.20. The van der Waals surface area contributed by atoms with Gasteiger partial charge in [-0.05, 0) is 62.1 Å². The van der Waals surface area contributed by atoms with E-state index in [9.17, 15) is 5.11 Å². The lowest BCUT2D eigenvalue weighted by Gasteiger charge is -2.31. The van der Waals surface area contributed by atoms with Gasteiger partial charge in [0.25, 0.3) is 0 Å². The van der Waals surface area contributed by atoms with Crippen LogP contribution in [0.5, 0.6) is 5.75 Å². The van der Waals surface area contributed by atoms with Crippen molar-refractivity contribution in [3.05, 3.63) is 53.2 Å². The molecule has 2 fully saturated rings. The van der Waals surface area contributed by atoms with E-state index >= 15 is 0 Å². The monoisotopic (exact) mass is 516 g/mol. The number of aryl methyl sites for hydroxylation is 1. The Morgan fingerprint density at radius 2 is 1.73 bits per heavy atom. The van der Waals surface area contributed by atoms with Crippen molar-refractivity contribution in [1.29, 1.82) is 0 Å². The van der Waals surface area contributed by atoms with Gasteiger partial charge in [0, 0.05) is 50.7 Å². The number of likely N-dealkylation sites (tertiary alicyclic amines) is 1. The minimum absolute atomic E-state index is 0.321. The SMILES string of the molecule is Cn1nc(-c2cnc(C3CCCN(Cc4ccc(O)cc4)C3)s2)c2ccc(N3CCCCCCC3)nc21. The Morgan fingerprint density at radius 1 is 0.946 bits per heavy atom. The second kappa shape index (κ2) is 10.8. The lowest BCUT2D eigenvalue weighted by atomic mass is 9.98. The summed E-state index contributed by atoms with van der Waals surface area (Å²) in [5.74, 6) is 1.84. The number of hydrogen-bond acceptors (Lipinski definition) is 7. The normalized spacial score (nSPS) is 19.7. The maximum atomic E-state index is 9.58. The van der Waals surface area contributed by atoms with E-state index in [1.807, 2.05) is 30.1 Å². The van der Waals surface area contributed by atoms with Crippen LogP contribution in [-0.4, -0.2) is 55.9 Å². The zero-order valence-electron chi connectivity index (χ0n) is 21.6. The Balaban J connectivity index is 1.19. The van der Waals surface area contributed by atoms with Crippen LogP contribution >= 0.6 is 11.3 Å². The average Bonchev–Trinajstić information content (AvgIpc) is 3.50. The first kappa shape index (κ1) is 24.4. The molecule has 3 aromatic heterocycles. The van der Waals surface area contributed by atoms with E-state index in [4.69, 9.17) is 15.1 Å². The van der Waals surface area contributed by atoms with Gasteiger partial charge >= 0.3 is 0 Å². The number of hydrogen-bond donors (Lipinski definition) is 1. The van der Waals surface area contributed by atoms with Gasteiger partial charge in [-0.1, -0.05) is 31.4 Å². The lowest BCUT2D eigenvalue weighted by Crippen LogP contribution is -2.33. The van der Waals surface area contributed by atoms with Crippen LogP contribution in [0.1, 0.15) is 61.4 Å². The van der Waals surface area contributed by atoms with E-state index in [1.54, 1.807) is 23.5 Å². The van der Waals surface area contributed by atoms with Crippen LogP contribution in [0.15, 0.2) is 42.6 Å². The minimum Gasteiger partial charge on any atom is -0.508 e. The van der Waals surface area contributed by atoms with Crippen molar-refractivity contribution in [3.63, 3.8) is 0 Å². The maximum absolute atomic E-state index is 9.58. The van der Waals surface area contributed by atoms with Crippen molar-refractivity contribution in [2.45, 2.75) is 57.4 Å². The van der Waals surface area contributed by atoms with Gasteiger partial charge in [-0.15, -0.1) is 11.3 Å². The van der Waals surface area contributed by atoms with Crippen LogP contribution in [0.3, 0.4) is 0 Å². The number of piperidine rings is 1. The van der Waals surface area contributed by atoms with Crippen LogP contribution in [0, 0.1) is 0 Å². The molecule has 4 aromatic rings. The predicted octanol–water partition coefficient (Wildman–Crippen LogP) is 5.95. The highest BCUT2D eigenvalue weighted by molar-refractivity contribution is 7.15. The minimum atomic E-state index is 0.321. The van der Waals surface area contributed by atoms with Gasteiger partial charge in [0.15, 0.2) is 5.65 Å². The molecular weight excluding hydrogens is 480 g/mol. The van der Waals surface area contributed by atoms with E-state index in [0.717, 1.165) is 60.1 Å². The summed E-state index contributed by atoms with van der Waals surface area (Å²) in [7, 11) is 2.00. The Morgan fingerprint density at radius 3 is 2.54 bits per heavy atom. The Bertz CT molecular complexity index is 1340. The lowest BCUT2D eigenvalue weighted by molar-refractivity contribution is 0.200. The highest BCUT2D eigenvalue weighted by atomic mass is 32.1. The molecule has 194 valence electrons. The van der Waals surface area contributed by atoms with E-state index in [-0.39, 0.29) is 0 Å². The molecule has 1 aromatic carbocycles. The van der Waals surface area contributed by atoms with Gasteiger partial charge in [-0.3, -0.25) is 4.90 Å². The molecule has 8 heteroatoms. The third-order valence-corrected chi connectivity index (χ3v) is 8.97. The first-order chi connectivity index (χ1) is 18.1. The zero-order chi connectivity index (χ0) is 25.2. The summed E-state index contributed by atoms with van der Waals surface area (Å²) < 4.78 is 1.93. The van der Waals surface area contributed by atoms with Gasteiger partial charge < -0.3 is 10.0 Å². The Kier molecular flexibility index (Phi) is 7.11. The molecule has 0 radical (unpaired) electrons. The highest BCUT2D eigenvalue weighted by Crippen LogP contribution is 2.37. The summed E-state index contributed by atoms with van der Waals surface area (Å²) in [5, 5.41) is 16.8. The molecule has 5 heterocycles. The molecule has 0 amide bonds. The number of anilines is 1. The zero-order valence-corrected chi connectivity index (χ0v) is 22.5. The third-order valence-electron chi connectivity index (χ3n) is 7.81. The predicted molar refractivity (Wildman–Crippen MR) is 150 cm³/mol. The van der Waals surface area contributed by atoms with E-state index < -0.39 is 0 Å². The van der Waals surface area contributed by atoms with E-state index in [0.29, 0.717) is 11.7 Å². The van der Waals surface area contributed by atoms with Crippen molar-refractivity contribution < 1.29 is 5.11 Å². The Labute approximate surface area is 222 Å². The summed E-state index contributed by atoms with van der Waals surface area (Å²) in [4.78, 5) is 16.0. The second-order valence-corrected chi connectivity index (χ2v) is 11.6. The topological polar surface area (TPSA) is 70.3 Å². The van der Waals surface area contributed by atoms with Crippen LogP contribution in [-0.2, 0) is 13.6 Å². The molecule has 2 aliphatic heterocycles. The third kappa shape index (κ3) is 5.36. The number of rotatable bonds is 5. The number of phenols is 1. The fraction of sp³-hybridized carbons (Fsp3) is 0.483. The Hall–Kier alpha value is -2.97. The summed E-state index contributed by atoms with van der Waals surface area (Å²) >= 11 is 1.78. The van der Waals surface area contributed by atoms with Crippen LogP contribution in [0.4, 0.5) is 5.82 Å². The molecule has 37 heavy (non-hydrogen) atoms. The van der Waals surface area contributed by atoms with Crippen LogP contribution < -0.4 is 4.90 Å². The molecular formula is C29H36N6OS. The molecule has 2 aliphatic rings. The van der Waals surface area contributed by atoms with Crippen LogP contribution in [0.2, 0.25) is 0 Å². The number of fused-ring (bicyclic) bond motifs is 1. The van der Waals surface area contributed by atoms with Crippen molar-refractivity contribution in [2.24, 2.45) is 7.05 Å². The summed E-state index contributed by atoms with van der Waals surface area (Å²) in [6.07, 6.45) is 10.8. The number of aromatic nitrogens is 4. The van der Waals surface area contributed by atoms with Crippen LogP contribution in [0.25, 0.3) is 21.6 Å². The summed E-state index contributed by atoms with van der Waals surface area (Å²) in [6, 6.07) is 12.0. The molecule has 0 bridgehead atoms. The van der Waals surface area contributed by atoms with E-state index in [1.165, 1.54) is 55.5 Å². The van der Waals surface area contributed by atoms with Crippen molar-refractivity contribution in [2.75, 3.05) is 31.1 Å². The molecule has 1 unspecified atom stereocenters. The van der Waals surface area contributed by atoms with Gasteiger partial charge in [0.1, 0.15) is 17.3 Å². The fourth-order valence-electron chi connectivity index (χ4n) is 5.80. The second-order valence-electron chi connectivity index (χ2n) is 10.6.